The zero-order valence-corrected chi connectivity index (χ0v) is 13.3. The number of aliphatic hydroxyl groups is 1. The average molecular weight is 379 g/mol. The van der Waals surface area contributed by atoms with Gasteiger partial charge in [-0.05, 0) is 59.0 Å². The molecule has 0 radical (unpaired) electrons. The number of rotatable bonds is 6. The third kappa shape index (κ3) is 5.44. The van der Waals surface area contributed by atoms with Crippen LogP contribution in [0, 0.1) is 14.8 Å². The second-order valence-corrected chi connectivity index (χ2v) is 6.46. The van der Waals surface area contributed by atoms with Gasteiger partial charge in [-0.1, -0.05) is 13.8 Å². The predicted molar refractivity (Wildman–Crippen MR) is 81.6 cm³/mol. The molecule has 3 nitrogen and oxygen atoms in total. The van der Waals surface area contributed by atoms with Gasteiger partial charge in [0.1, 0.15) is 5.82 Å². The van der Waals surface area contributed by atoms with Crippen molar-refractivity contribution in [2.75, 3.05) is 13.2 Å². The third-order valence-electron chi connectivity index (χ3n) is 2.91. The predicted octanol–water partition coefficient (Wildman–Crippen LogP) is 2.96. The summed E-state index contributed by atoms with van der Waals surface area (Å²) in [5.74, 6) is -0.536. The van der Waals surface area contributed by atoms with Crippen LogP contribution in [0.2, 0.25) is 0 Å². The van der Waals surface area contributed by atoms with Gasteiger partial charge in [0, 0.05) is 16.7 Å². The lowest BCUT2D eigenvalue weighted by Crippen LogP contribution is -2.34. The zero-order chi connectivity index (χ0) is 14.5. The van der Waals surface area contributed by atoms with Crippen molar-refractivity contribution in [1.82, 2.24) is 5.32 Å². The van der Waals surface area contributed by atoms with E-state index >= 15 is 0 Å². The molecule has 0 saturated carbocycles. The molecule has 0 saturated heterocycles. The highest BCUT2D eigenvalue weighted by atomic mass is 127. The Morgan fingerprint density at radius 3 is 2.74 bits per heavy atom. The minimum Gasteiger partial charge on any atom is -0.396 e. The van der Waals surface area contributed by atoms with Gasteiger partial charge >= 0.3 is 0 Å². The molecule has 19 heavy (non-hydrogen) atoms. The molecule has 1 aromatic carbocycles. The van der Waals surface area contributed by atoms with Crippen molar-refractivity contribution in [2.24, 2.45) is 5.41 Å². The number of carbonyl (C=O) groups excluding carboxylic acids is 1. The smallest absolute Gasteiger partial charge is 0.252 e. The Balaban J connectivity index is 2.60. The number of benzene rings is 1. The lowest BCUT2D eigenvalue weighted by molar-refractivity contribution is 0.0932. The Bertz CT molecular complexity index is 449. The third-order valence-corrected chi connectivity index (χ3v) is 3.81. The lowest BCUT2D eigenvalue weighted by atomic mass is 9.88. The van der Waals surface area contributed by atoms with E-state index in [2.05, 4.69) is 5.32 Å². The van der Waals surface area contributed by atoms with Crippen LogP contribution in [-0.4, -0.2) is 24.2 Å². The minimum absolute atomic E-state index is 0.0656. The first-order valence-electron chi connectivity index (χ1n) is 6.20. The molecular formula is C14H19FINO2. The molecule has 0 fully saturated rings. The van der Waals surface area contributed by atoms with Gasteiger partial charge in [0.25, 0.3) is 5.91 Å². The molecule has 0 aliphatic rings. The molecule has 1 rings (SSSR count). The summed E-state index contributed by atoms with van der Waals surface area (Å²) < 4.78 is 13.6. The highest BCUT2D eigenvalue weighted by molar-refractivity contribution is 14.1. The van der Waals surface area contributed by atoms with E-state index in [1.165, 1.54) is 18.2 Å². The maximum Gasteiger partial charge on any atom is 0.252 e. The second-order valence-electron chi connectivity index (χ2n) is 5.30. The quantitative estimate of drug-likeness (QED) is 0.747. The van der Waals surface area contributed by atoms with E-state index in [0.29, 0.717) is 15.7 Å². The van der Waals surface area contributed by atoms with Gasteiger partial charge in [-0.25, -0.2) is 4.39 Å². The fraction of sp³-hybridized carbons (Fsp3) is 0.500. The van der Waals surface area contributed by atoms with Crippen molar-refractivity contribution in [1.29, 1.82) is 0 Å². The van der Waals surface area contributed by atoms with Gasteiger partial charge in [-0.2, -0.15) is 0 Å². The zero-order valence-electron chi connectivity index (χ0n) is 11.2. The minimum atomic E-state index is -0.343. The Morgan fingerprint density at radius 2 is 2.16 bits per heavy atom. The molecule has 0 atom stereocenters. The molecule has 5 heteroatoms. The van der Waals surface area contributed by atoms with Gasteiger partial charge in [0.2, 0.25) is 0 Å². The fourth-order valence-electron chi connectivity index (χ4n) is 1.73. The van der Waals surface area contributed by atoms with Gasteiger partial charge in [-0.3, -0.25) is 4.79 Å². The molecule has 0 aliphatic heterocycles. The summed E-state index contributed by atoms with van der Waals surface area (Å²) in [5.41, 5.74) is 0.420. The van der Waals surface area contributed by atoms with Crippen LogP contribution in [-0.2, 0) is 0 Å². The molecular weight excluding hydrogens is 360 g/mol. The van der Waals surface area contributed by atoms with Gasteiger partial charge in [-0.15, -0.1) is 0 Å². The fourth-order valence-corrected chi connectivity index (χ4v) is 2.46. The van der Waals surface area contributed by atoms with Crippen molar-refractivity contribution in [3.8, 4) is 0 Å². The van der Waals surface area contributed by atoms with Crippen LogP contribution in [0.25, 0.3) is 0 Å². The summed E-state index contributed by atoms with van der Waals surface area (Å²) in [5, 5.41) is 11.7. The van der Waals surface area contributed by atoms with Crippen LogP contribution in [0.1, 0.15) is 37.0 Å². The molecule has 106 valence electrons. The van der Waals surface area contributed by atoms with Crippen molar-refractivity contribution < 1.29 is 14.3 Å². The number of hydrogen-bond acceptors (Lipinski definition) is 2. The van der Waals surface area contributed by atoms with E-state index in [-0.39, 0.29) is 23.7 Å². The maximum absolute atomic E-state index is 13.0. The summed E-state index contributed by atoms with van der Waals surface area (Å²) >= 11 is 1.95. The van der Waals surface area contributed by atoms with Gasteiger partial charge < -0.3 is 10.4 Å². The number of aliphatic hydroxyl groups excluding tert-OH is 1. The molecule has 1 amide bonds. The maximum atomic E-state index is 13.0. The second kappa shape index (κ2) is 7.19. The van der Waals surface area contributed by atoms with E-state index in [4.69, 9.17) is 5.11 Å². The van der Waals surface area contributed by atoms with E-state index in [1.807, 2.05) is 36.4 Å². The van der Waals surface area contributed by atoms with E-state index in [1.54, 1.807) is 0 Å². The van der Waals surface area contributed by atoms with Crippen molar-refractivity contribution in [3.05, 3.63) is 33.1 Å². The summed E-state index contributed by atoms with van der Waals surface area (Å²) in [6, 6.07) is 4.12. The van der Waals surface area contributed by atoms with Crippen LogP contribution in [0.5, 0.6) is 0 Å². The first-order chi connectivity index (χ1) is 8.85. The molecule has 2 N–H and O–H groups in total. The van der Waals surface area contributed by atoms with Crippen molar-refractivity contribution in [2.45, 2.75) is 26.7 Å². The Kier molecular flexibility index (Phi) is 6.19. The molecule has 0 spiro atoms. The van der Waals surface area contributed by atoms with Crippen molar-refractivity contribution in [3.63, 3.8) is 0 Å². The van der Waals surface area contributed by atoms with Crippen LogP contribution >= 0.6 is 22.6 Å². The SMILES string of the molecule is CC(C)(CCCO)CNC(=O)c1ccc(F)cc1I. The topological polar surface area (TPSA) is 49.3 Å². The van der Waals surface area contributed by atoms with E-state index in [0.717, 1.165) is 12.8 Å². The highest BCUT2D eigenvalue weighted by Crippen LogP contribution is 2.21. The first-order valence-corrected chi connectivity index (χ1v) is 7.28. The summed E-state index contributed by atoms with van der Waals surface area (Å²) in [6.45, 7) is 4.77. The molecule has 1 aromatic rings. The summed E-state index contributed by atoms with van der Waals surface area (Å²) in [4.78, 5) is 12.0. The molecule has 0 bridgehead atoms. The van der Waals surface area contributed by atoms with E-state index in [9.17, 15) is 9.18 Å². The van der Waals surface area contributed by atoms with Crippen LogP contribution in [0.3, 0.4) is 0 Å². The van der Waals surface area contributed by atoms with Gasteiger partial charge in [0.15, 0.2) is 0 Å². The van der Waals surface area contributed by atoms with Crippen LogP contribution in [0.4, 0.5) is 4.39 Å². The van der Waals surface area contributed by atoms with E-state index < -0.39 is 0 Å². The Hall–Kier alpha value is -0.690. The summed E-state index contributed by atoms with van der Waals surface area (Å²) in [6.07, 6.45) is 1.56. The van der Waals surface area contributed by atoms with Gasteiger partial charge in [0.05, 0.1) is 5.56 Å². The number of halogens is 2. The highest BCUT2D eigenvalue weighted by Gasteiger charge is 2.19. The summed E-state index contributed by atoms with van der Waals surface area (Å²) in [7, 11) is 0. The molecule has 0 aromatic heterocycles. The number of nitrogens with one attached hydrogen (secondary N) is 1. The normalized spacial score (nSPS) is 11.4. The van der Waals surface area contributed by atoms with Crippen LogP contribution in [0.15, 0.2) is 18.2 Å². The molecule has 0 aliphatic carbocycles. The largest absolute Gasteiger partial charge is 0.396 e. The number of amides is 1. The number of hydrogen-bond donors (Lipinski definition) is 2. The standard InChI is InChI=1S/C14H19FINO2/c1-14(2,6-3-7-18)9-17-13(19)11-5-4-10(15)8-12(11)16/h4-5,8,18H,3,6-7,9H2,1-2H3,(H,17,19). The lowest BCUT2D eigenvalue weighted by Gasteiger charge is -2.24. The first kappa shape index (κ1) is 16.4. The monoisotopic (exact) mass is 379 g/mol. The average Bonchev–Trinajstić information content (AvgIpc) is 2.34. The Morgan fingerprint density at radius 1 is 1.47 bits per heavy atom. The molecule has 0 heterocycles. The molecule has 0 unspecified atom stereocenters. The Labute approximate surface area is 126 Å². The van der Waals surface area contributed by atoms with Crippen LogP contribution < -0.4 is 5.32 Å². The number of carbonyl (C=O) groups is 1. The van der Waals surface area contributed by atoms with Crippen molar-refractivity contribution >= 4 is 28.5 Å².